The van der Waals surface area contributed by atoms with Gasteiger partial charge in [-0.25, -0.2) is 0 Å². The summed E-state index contributed by atoms with van der Waals surface area (Å²) in [6.07, 6.45) is 4.72. The summed E-state index contributed by atoms with van der Waals surface area (Å²) < 4.78 is 11.3. The van der Waals surface area contributed by atoms with Crippen molar-refractivity contribution in [1.82, 2.24) is 0 Å². The van der Waals surface area contributed by atoms with E-state index in [0.29, 0.717) is 6.61 Å². The lowest BCUT2D eigenvalue weighted by molar-refractivity contribution is 0.254. The summed E-state index contributed by atoms with van der Waals surface area (Å²) in [7, 11) is 0. The topological polar surface area (TPSA) is 38.7 Å². The molecule has 1 N–H and O–H groups in total. The number of aliphatic hydroxyl groups excluding tert-OH is 1. The van der Waals surface area contributed by atoms with Crippen molar-refractivity contribution in [2.75, 3.05) is 13.2 Å². The number of hydrogen-bond acceptors (Lipinski definition) is 3. The Balaban J connectivity index is 2.36. The Morgan fingerprint density at radius 1 is 1.53 bits per heavy atom. The lowest BCUT2D eigenvalue weighted by atomic mass is 10.1. The Morgan fingerprint density at radius 3 is 3.06 bits per heavy atom. The molecule has 0 aliphatic carbocycles. The first kappa shape index (κ1) is 12.0. The second-order valence-corrected chi connectivity index (χ2v) is 4.15. The highest BCUT2D eigenvalue weighted by Crippen LogP contribution is 2.35. The van der Waals surface area contributed by atoms with Gasteiger partial charge in [0, 0.05) is 17.5 Å². The van der Waals surface area contributed by atoms with Gasteiger partial charge in [-0.15, -0.1) is 0 Å². The molecule has 0 amide bonds. The van der Waals surface area contributed by atoms with E-state index in [4.69, 9.17) is 14.6 Å². The molecule has 0 aromatic heterocycles. The Labute approximate surface area is 102 Å². The Hall–Kier alpha value is -1.48. The van der Waals surface area contributed by atoms with Crippen molar-refractivity contribution in [2.45, 2.75) is 26.4 Å². The van der Waals surface area contributed by atoms with Crippen LogP contribution in [-0.2, 0) is 6.42 Å². The summed E-state index contributed by atoms with van der Waals surface area (Å²) in [4.78, 5) is 0. The van der Waals surface area contributed by atoms with E-state index in [2.05, 4.69) is 6.92 Å². The zero-order valence-electron chi connectivity index (χ0n) is 10.3. The number of ether oxygens (including phenoxy) is 2. The molecule has 1 aromatic rings. The maximum absolute atomic E-state index is 8.82. The summed E-state index contributed by atoms with van der Waals surface area (Å²) >= 11 is 0. The summed E-state index contributed by atoms with van der Waals surface area (Å²) in [5, 5.41) is 8.82. The van der Waals surface area contributed by atoms with Gasteiger partial charge < -0.3 is 14.6 Å². The smallest absolute Gasteiger partial charge is 0.127 e. The van der Waals surface area contributed by atoms with Gasteiger partial charge in [0.15, 0.2) is 0 Å². The molecule has 1 heterocycles. The Kier molecular flexibility index (Phi) is 3.69. The van der Waals surface area contributed by atoms with E-state index in [-0.39, 0.29) is 12.7 Å². The summed E-state index contributed by atoms with van der Waals surface area (Å²) in [5.74, 6) is 1.78. The third-order valence-electron chi connectivity index (χ3n) is 2.73. The van der Waals surface area contributed by atoms with Crippen LogP contribution >= 0.6 is 0 Å². The van der Waals surface area contributed by atoms with Crippen LogP contribution in [-0.4, -0.2) is 24.4 Å². The van der Waals surface area contributed by atoms with E-state index >= 15 is 0 Å². The van der Waals surface area contributed by atoms with E-state index in [0.717, 1.165) is 23.5 Å². The fourth-order valence-electron chi connectivity index (χ4n) is 2.05. The minimum absolute atomic E-state index is 0.0277. The van der Waals surface area contributed by atoms with E-state index < -0.39 is 0 Å². The predicted molar refractivity (Wildman–Crippen MR) is 67.5 cm³/mol. The maximum atomic E-state index is 8.82. The molecule has 3 heteroatoms. The average Bonchev–Trinajstić information content (AvgIpc) is 2.65. The highest BCUT2D eigenvalue weighted by atomic mass is 16.5. The molecule has 92 valence electrons. The van der Waals surface area contributed by atoms with E-state index in [1.807, 2.05) is 25.1 Å². The number of fused-ring (bicyclic) bond motifs is 1. The van der Waals surface area contributed by atoms with Crippen LogP contribution in [0.3, 0.4) is 0 Å². The van der Waals surface area contributed by atoms with Gasteiger partial charge in [-0.05, 0) is 26.0 Å². The number of aliphatic hydroxyl groups is 1. The van der Waals surface area contributed by atoms with Crippen LogP contribution in [0, 0.1) is 0 Å². The molecule has 0 fully saturated rings. The molecule has 3 nitrogen and oxygen atoms in total. The van der Waals surface area contributed by atoms with E-state index in [9.17, 15) is 0 Å². The summed E-state index contributed by atoms with van der Waals surface area (Å²) in [5.41, 5.74) is 2.15. The lowest BCUT2D eigenvalue weighted by Crippen LogP contribution is -2.05. The molecule has 1 aromatic carbocycles. The molecule has 2 rings (SSSR count). The molecule has 1 atom stereocenters. The van der Waals surface area contributed by atoms with Gasteiger partial charge in [0.1, 0.15) is 17.6 Å². The average molecular weight is 234 g/mol. The van der Waals surface area contributed by atoms with Crippen molar-refractivity contribution in [3.8, 4) is 11.5 Å². The van der Waals surface area contributed by atoms with Crippen LogP contribution < -0.4 is 9.47 Å². The molecule has 0 radical (unpaired) electrons. The minimum Gasteiger partial charge on any atom is -0.493 e. The second-order valence-electron chi connectivity index (χ2n) is 4.15. The van der Waals surface area contributed by atoms with Gasteiger partial charge in [0.05, 0.1) is 13.2 Å². The van der Waals surface area contributed by atoms with Gasteiger partial charge in [-0.3, -0.25) is 0 Å². The quantitative estimate of drug-likeness (QED) is 0.869. The second kappa shape index (κ2) is 5.23. The van der Waals surface area contributed by atoms with Crippen LogP contribution in [0.1, 0.15) is 25.0 Å². The fourth-order valence-corrected chi connectivity index (χ4v) is 2.05. The SMILES string of the molecule is CCOc1cc2c(cc1C=CCO)OC(C)C2. The maximum Gasteiger partial charge on any atom is 0.127 e. The van der Waals surface area contributed by atoms with Crippen molar-refractivity contribution in [3.63, 3.8) is 0 Å². The summed E-state index contributed by atoms with van der Waals surface area (Å²) in [6.45, 7) is 4.69. The van der Waals surface area contributed by atoms with Crippen LogP contribution in [0.2, 0.25) is 0 Å². The molecular weight excluding hydrogens is 216 g/mol. The van der Waals surface area contributed by atoms with Gasteiger partial charge >= 0.3 is 0 Å². The lowest BCUT2D eigenvalue weighted by Gasteiger charge is -2.09. The van der Waals surface area contributed by atoms with Crippen LogP contribution in [0.15, 0.2) is 18.2 Å². The minimum atomic E-state index is 0.0277. The van der Waals surface area contributed by atoms with Crippen molar-refractivity contribution < 1.29 is 14.6 Å². The number of hydrogen-bond donors (Lipinski definition) is 1. The molecule has 1 aliphatic rings. The fraction of sp³-hybridized carbons (Fsp3) is 0.429. The van der Waals surface area contributed by atoms with E-state index in [1.54, 1.807) is 6.08 Å². The summed E-state index contributed by atoms with van der Waals surface area (Å²) in [6, 6.07) is 4.02. The van der Waals surface area contributed by atoms with Gasteiger partial charge in [-0.2, -0.15) is 0 Å². The molecule has 1 unspecified atom stereocenters. The number of rotatable bonds is 4. The van der Waals surface area contributed by atoms with Crippen molar-refractivity contribution in [2.24, 2.45) is 0 Å². The first-order valence-corrected chi connectivity index (χ1v) is 5.98. The van der Waals surface area contributed by atoms with E-state index in [1.165, 1.54) is 5.56 Å². The van der Waals surface area contributed by atoms with Gasteiger partial charge in [0.25, 0.3) is 0 Å². The largest absolute Gasteiger partial charge is 0.493 e. The first-order valence-electron chi connectivity index (χ1n) is 5.98. The third kappa shape index (κ3) is 2.61. The highest BCUT2D eigenvalue weighted by Gasteiger charge is 2.21. The van der Waals surface area contributed by atoms with Crippen LogP contribution in [0.25, 0.3) is 6.08 Å². The molecule has 0 saturated carbocycles. The normalized spacial score (nSPS) is 18.2. The zero-order chi connectivity index (χ0) is 12.3. The number of benzene rings is 1. The molecule has 1 aliphatic heterocycles. The van der Waals surface area contributed by atoms with Crippen molar-refractivity contribution >= 4 is 6.08 Å². The standard InChI is InChI=1S/C14H18O3/c1-3-16-13-9-12-7-10(2)17-14(12)8-11(13)5-4-6-15/h4-5,8-10,15H,3,6-7H2,1-2H3. The van der Waals surface area contributed by atoms with Gasteiger partial charge in [0.2, 0.25) is 0 Å². The van der Waals surface area contributed by atoms with Crippen molar-refractivity contribution in [1.29, 1.82) is 0 Å². The molecule has 0 bridgehead atoms. The third-order valence-corrected chi connectivity index (χ3v) is 2.73. The monoisotopic (exact) mass is 234 g/mol. The molecule has 0 saturated heterocycles. The molecule has 17 heavy (non-hydrogen) atoms. The van der Waals surface area contributed by atoms with Crippen LogP contribution in [0.4, 0.5) is 0 Å². The van der Waals surface area contributed by atoms with Gasteiger partial charge in [-0.1, -0.05) is 12.2 Å². The Bertz CT molecular complexity index is 424. The first-order chi connectivity index (χ1) is 8.24. The molecule has 0 spiro atoms. The Morgan fingerprint density at radius 2 is 2.35 bits per heavy atom. The predicted octanol–water partition coefficient (Wildman–Crippen LogP) is 2.41. The molecular formula is C14H18O3. The van der Waals surface area contributed by atoms with Crippen molar-refractivity contribution in [3.05, 3.63) is 29.3 Å². The zero-order valence-corrected chi connectivity index (χ0v) is 10.3. The van der Waals surface area contributed by atoms with Crippen LogP contribution in [0.5, 0.6) is 11.5 Å². The highest BCUT2D eigenvalue weighted by molar-refractivity contribution is 5.62.